The highest BCUT2D eigenvalue weighted by Crippen LogP contribution is 2.38. The minimum atomic E-state index is -0.643. The Morgan fingerprint density at radius 3 is 2.26 bits per heavy atom. The molecule has 0 saturated carbocycles. The summed E-state index contributed by atoms with van der Waals surface area (Å²) < 4.78 is 23.2. The van der Waals surface area contributed by atoms with Gasteiger partial charge in [0.1, 0.15) is 18.3 Å². The van der Waals surface area contributed by atoms with Crippen molar-refractivity contribution < 1.29 is 24.1 Å². The predicted octanol–water partition coefficient (Wildman–Crippen LogP) is 3.38. The molecule has 2 fully saturated rings. The van der Waals surface area contributed by atoms with Gasteiger partial charge in [0.15, 0.2) is 12.1 Å². The van der Waals surface area contributed by atoms with Crippen LogP contribution in [0.3, 0.4) is 0 Å². The molecule has 0 bridgehead atoms. The molecule has 4 atom stereocenters. The molecule has 2 aliphatic heterocycles. The molecule has 136 valence electrons. The zero-order valence-electron chi connectivity index (χ0n) is 15.0. The summed E-state index contributed by atoms with van der Waals surface area (Å²) in [6.45, 7) is 6.61. The van der Waals surface area contributed by atoms with Crippen LogP contribution in [0, 0.1) is 0 Å². The Hall–Kier alpha value is -0.200. The Bertz CT molecular complexity index is 333. The molecule has 0 aromatic heterocycles. The van der Waals surface area contributed by atoms with Gasteiger partial charge in [0.25, 0.3) is 0 Å². The van der Waals surface area contributed by atoms with Gasteiger partial charge in [0.05, 0.1) is 6.61 Å². The summed E-state index contributed by atoms with van der Waals surface area (Å²) in [7, 11) is 0. The standard InChI is InChI=1S/C18H34O5/c1-4-5-6-7-8-9-10-11-12-20-15-14(13-19)21-17-16(15)22-18(2,3)23-17/h14-17,19H,4-13H2,1-3H3/t14-,15+,16-,17-/m1/s1. The zero-order valence-corrected chi connectivity index (χ0v) is 15.0. The Morgan fingerprint density at radius 1 is 0.957 bits per heavy atom. The summed E-state index contributed by atoms with van der Waals surface area (Å²) in [5.41, 5.74) is 0. The molecule has 23 heavy (non-hydrogen) atoms. The van der Waals surface area contributed by atoms with Crippen molar-refractivity contribution in [1.29, 1.82) is 0 Å². The van der Waals surface area contributed by atoms with E-state index in [0.717, 1.165) is 6.42 Å². The fourth-order valence-corrected chi connectivity index (χ4v) is 3.35. The molecule has 0 amide bonds. The highest BCUT2D eigenvalue weighted by molar-refractivity contribution is 4.93. The maximum absolute atomic E-state index is 9.45. The SMILES string of the molecule is CCCCCCCCCCO[C@@H]1[C@H]2OC(C)(C)O[C@H]2O[C@@H]1CO. The van der Waals surface area contributed by atoms with E-state index in [2.05, 4.69) is 6.92 Å². The second-order valence-corrected chi connectivity index (χ2v) is 7.14. The van der Waals surface area contributed by atoms with Crippen LogP contribution in [0.25, 0.3) is 0 Å². The summed E-state index contributed by atoms with van der Waals surface area (Å²) in [6, 6.07) is 0. The van der Waals surface area contributed by atoms with Crippen molar-refractivity contribution in [3.05, 3.63) is 0 Å². The van der Waals surface area contributed by atoms with Crippen LogP contribution in [0.2, 0.25) is 0 Å². The molecular weight excluding hydrogens is 296 g/mol. The molecule has 0 spiro atoms. The van der Waals surface area contributed by atoms with Gasteiger partial charge in [-0.1, -0.05) is 51.9 Å². The lowest BCUT2D eigenvalue weighted by Gasteiger charge is -2.25. The molecule has 2 heterocycles. The van der Waals surface area contributed by atoms with Crippen LogP contribution in [0.4, 0.5) is 0 Å². The molecule has 0 aliphatic carbocycles. The van der Waals surface area contributed by atoms with Crippen molar-refractivity contribution in [2.45, 2.75) is 103 Å². The zero-order chi connectivity index (χ0) is 16.7. The fourth-order valence-electron chi connectivity index (χ4n) is 3.35. The maximum Gasteiger partial charge on any atom is 0.190 e. The van der Waals surface area contributed by atoms with Crippen molar-refractivity contribution in [3.63, 3.8) is 0 Å². The van der Waals surface area contributed by atoms with Gasteiger partial charge in [0.2, 0.25) is 0 Å². The molecule has 2 aliphatic rings. The average Bonchev–Trinajstić information content (AvgIpc) is 2.97. The second kappa shape index (κ2) is 9.33. The Morgan fingerprint density at radius 2 is 1.61 bits per heavy atom. The molecule has 0 aromatic carbocycles. The molecule has 0 radical (unpaired) electrons. The quantitative estimate of drug-likeness (QED) is 0.589. The van der Waals surface area contributed by atoms with E-state index in [-0.39, 0.29) is 24.9 Å². The van der Waals surface area contributed by atoms with E-state index in [4.69, 9.17) is 18.9 Å². The molecular formula is C18H34O5. The van der Waals surface area contributed by atoms with Gasteiger partial charge in [-0.2, -0.15) is 0 Å². The van der Waals surface area contributed by atoms with Crippen LogP contribution >= 0.6 is 0 Å². The molecule has 0 aromatic rings. The average molecular weight is 330 g/mol. The number of unbranched alkanes of at least 4 members (excludes halogenated alkanes) is 7. The summed E-state index contributed by atoms with van der Waals surface area (Å²) in [5.74, 6) is -0.643. The molecule has 2 saturated heterocycles. The lowest BCUT2D eigenvalue weighted by molar-refractivity contribution is -0.222. The van der Waals surface area contributed by atoms with Crippen LogP contribution in [0.1, 0.15) is 72.1 Å². The Balaban J connectivity index is 1.60. The molecule has 5 heteroatoms. The first-order valence-corrected chi connectivity index (χ1v) is 9.31. The third kappa shape index (κ3) is 5.68. The van der Waals surface area contributed by atoms with Crippen LogP contribution in [-0.2, 0) is 18.9 Å². The summed E-state index contributed by atoms with van der Waals surface area (Å²) in [4.78, 5) is 0. The molecule has 1 N–H and O–H groups in total. The normalized spacial score (nSPS) is 32.3. The van der Waals surface area contributed by atoms with Gasteiger partial charge in [-0.25, -0.2) is 0 Å². The molecule has 5 nitrogen and oxygen atoms in total. The van der Waals surface area contributed by atoms with E-state index >= 15 is 0 Å². The summed E-state index contributed by atoms with van der Waals surface area (Å²) >= 11 is 0. The van der Waals surface area contributed by atoms with Crippen LogP contribution in [0.15, 0.2) is 0 Å². The van der Waals surface area contributed by atoms with E-state index in [9.17, 15) is 5.11 Å². The Kier molecular flexibility index (Phi) is 7.76. The number of hydrogen-bond acceptors (Lipinski definition) is 5. The van der Waals surface area contributed by atoms with E-state index in [0.29, 0.717) is 6.61 Å². The van der Waals surface area contributed by atoms with Gasteiger partial charge >= 0.3 is 0 Å². The lowest BCUT2D eigenvalue weighted by Crippen LogP contribution is -2.38. The van der Waals surface area contributed by atoms with Gasteiger partial charge in [-0.05, 0) is 20.3 Å². The number of aliphatic hydroxyl groups excluding tert-OH is 1. The third-order valence-electron chi connectivity index (χ3n) is 4.58. The minimum Gasteiger partial charge on any atom is -0.394 e. The van der Waals surface area contributed by atoms with Gasteiger partial charge < -0.3 is 24.1 Å². The molecule has 2 rings (SSSR count). The lowest BCUT2D eigenvalue weighted by atomic mass is 10.1. The summed E-state index contributed by atoms with van der Waals surface area (Å²) in [5, 5.41) is 9.45. The predicted molar refractivity (Wildman–Crippen MR) is 88.1 cm³/mol. The van der Waals surface area contributed by atoms with E-state index in [1.807, 2.05) is 13.8 Å². The maximum atomic E-state index is 9.45. The molecule has 0 unspecified atom stereocenters. The fraction of sp³-hybridized carbons (Fsp3) is 1.00. The first kappa shape index (κ1) is 19.1. The van der Waals surface area contributed by atoms with E-state index in [1.54, 1.807) is 0 Å². The highest BCUT2D eigenvalue weighted by atomic mass is 16.8. The minimum absolute atomic E-state index is 0.0672. The Labute approximate surface area is 140 Å². The number of hydrogen-bond donors (Lipinski definition) is 1. The van der Waals surface area contributed by atoms with E-state index < -0.39 is 12.1 Å². The second-order valence-electron chi connectivity index (χ2n) is 7.14. The van der Waals surface area contributed by atoms with Crippen molar-refractivity contribution in [2.24, 2.45) is 0 Å². The van der Waals surface area contributed by atoms with Crippen molar-refractivity contribution in [1.82, 2.24) is 0 Å². The highest BCUT2D eigenvalue weighted by Gasteiger charge is 2.55. The van der Waals surface area contributed by atoms with Crippen molar-refractivity contribution >= 4 is 0 Å². The third-order valence-corrected chi connectivity index (χ3v) is 4.58. The largest absolute Gasteiger partial charge is 0.394 e. The van der Waals surface area contributed by atoms with Gasteiger partial charge in [-0.15, -0.1) is 0 Å². The van der Waals surface area contributed by atoms with Crippen molar-refractivity contribution in [3.8, 4) is 0 Å². The first-order chi connectivity index (χ1) is 11.1. The number of ether oxygens (including phenoxy) is 4. The number of aliphatic hydroxyl groups is 1. The van der Waals surface area contributed by atoms with Crippen LogP contribution in [-0.4, -0.2) is 48.7 Å². The smallest absolute Gasteiger partial charge is 0.190 e. The topological polar surface area (TPSA) is 57.2 Å². The van der Waals surface area contributed by atoms with Crippen molar-refractivity contribution in [2.75, 3.05) is 13.2 Å². The number of fused-ring (bicyclic) bond motifs is 1. The van der Waals surface area contributed by atoms with Crippen LogP contribution < -0.4 is 0 Å². The monoisotopic (exact) mass is 330 g/mol. The summed E-state index contributed by atoms with van der Waals surface area (Å²) in [6.07, 6.45) is 8.95. The first-order valence-electron chi connectivity index (χ1n) is 9.31. The van der Waals surface area contributed by atoms with Gasteiger partial charge in [0, 0.05) is 6.61 Å². The number of rotatable bonds is 11. The van der Waals surface area contributed by atoms with Gasteiger partial charge in [-0.3, -0.25) is 0 Å². The van der Waals surface area contributed by atoms with Crippen LogP contribution in [0.5, 0.6) is 0 Å². The van der Waals surface area contributed by atoms with E-state index in [1.165, 1.54) is 44.9 Å².